The lowest BCUT2D eigenvalue weighted by Gasteiger charge is -2.16. The predicted molar refractivity (Wildman–Crippen MR) is 136 cm³/mol. The molecule has 40 heavy (non-hydrogen) atoms. The maximum absolute atomic E-state index is 14.6. The van der Waals surface area contributed by atoms with Crippen LogP contribution in [0.15, 0.2) is 40.2 Å². The highest BCUT2D eigenvalue weighted by Gasteiger charge is 2.23. The summed E-state index contributed by atoms with van der Waals surface area (Å²) in [5.41, 5.74) is -1.67. The number of hydrogen-bond donors (Lipinski definition) is 1. The molecule has 3 aromatic heterocycles. The minimum Gasteiger partial charge on any atom is -0.477 e. The summed E-state index contributed by atoms with van der Waals surface area (Å²) in [6, 6.07) is 4.31. The Morgan fingerprint density at radius 3 is 2.62 bits per heavy atom. The van der Waals surface area contributed by atoms with Gasteiger partial charge in [0.2, 0.25) is 11.8 Å². The van der Waals surface area contributed by atoms with Gasteiger partial charge in [0.25, 0.3) is 0 Å². The van der Waals surface area contributed by atoms with E-state index in [0.29, 0.717) is 42.1 Å². The van der Waals surface area contributed by atoms with E-state index in [1.807, 2.05) is 0 Å². The third-order valence-corrected chi connectivity index (χ3v) is 6.63. The molecule has 0 saturated carbocycles. The van der Waals surface area contributed by atoms with Gasteiger partial charge in [-0.1, -0.05) is 11.6 Å². The number of nitrogens with zero attached hydrogens (tertiary/aromatic N) is 8. The monoisotopic (exact) mass is 573 g/mol. The molecule has 1 N–H and O–H groups in total. The van der Waals surface area contributed by atoms with Crippen LogP contribution >= 0.6 is 11.6 Å². The van der Waals surface area contributed by atoms with Gasteiger partial charge in [-0.25, -0.2) is 37.0 Å². The van der Waals surface area contributed by atoms with Gasteiger partial charge in [-0.3, -0.25) is 9.25 Å². The fourth-order valence-electron chi connectivity index (χ4n) is 4.42. The molecule has 1 aliphatic rings. The van der Waals surface area contributed by atoms with E-state index in [0.717, 1.165) is 15.6 Å². The van der Waals surface area contributed by atoms with E-state index in [1.165, 1.54) is 11.0 Å². The van der Waals surface area contributed by atoms with Crippen LogP contribution in [0.2, 0.25) is 5.02 Å². The summed E-state index contributed by atoms with van der Waals surface area (Å²) >= 11 is 6.49. The molecule has 206 valence electrons. The first-order valence-corrected chi connectivity index (χ1v) is 12.4. The number of hydrogen-bond acceptors (Lipinski definition) is 8. The van der Waals surface area contributed by atoms with Gasteiger partial charge in [-0.15, -0.1) is 0 Å². The van der Waals surface area contributed by atoms with Crippen LogP contribution in [-0.2, 0) is 26.7 Å². The molecular weight excluding hydrogens is 555 g/mol. The number of nitrogens with one attached hydrogen (secondary N) is 1. The van der Waals surface area contributed by atoms with Gasteiger partial charge in [-0.2, -0.15) is 15.2 Å². The summed E-state index contributed by atoms with van der Waals surface area (Å²) in [5.74, 6) is -3.44. The van der Waals surface area contributed by atoms with E-state index in [2.05, 4.69) is 25.5 Å². The van der Waals surface area contributed by atoms with Crippen molar-refractivity contribution in [1.29, 1.82) is 0 Å². The minimum atomic E-state index is -1.39. The topological polar surface area (TPSA) is 127 Å². The molecule has 6 rings (SSSR count). The molecule has 0 spiro atoms. The number of rotatable bonds is 6. The van der Waals surface area contributed by atoms with Crippen molar-refractivity contribution in [3.8, 4) is 5.88 Å². The number of aromatic nitrogens is 8. The molecule has 12 nitrogen and oxygen atoms in total. The van der Waals surface area contributed by atoms with Gasteiger partial charge in [0.1, 0.15) is 17.7 Å². The fraction of sp³-hybridized carbons (Fsp3) is 0.250. The molecule has 0 saturated heterocycles. The maximum atomic E-state index is 14.6. The van der Waals surface area contributed by atoms with Crippen molar-refractivity contribution in [2.24, 2.45) is 7.05 Å². The second-order valence-corrected chi connectivity index (χ2v) is 9.45. The summed E-state index contributed by atoms with van der Waals surface area (Å²) in [5, 5.41) is 12.3. The van der Waals surface area contributed by atoms with Gasteiger partial charge in [-0.05, 0) is 18.2 Å². The summed E-state index contributed by atoms with van der Waals surface area (Å²) in [6.45, 7) is 0.171. The number of fused-ring (bicyclic) bond motifs is 3. The average Bonchev–Trinajstić information content (AvgIpc) is 3.51. The third kappa shape index (κ3) is 4.47. The summed E-state index contributed by atoms with van der Waals surface area (Å²) in [7, 11) is 1.61. The smallest absolute Gasteiger partial charge is 0.355 e. The first kappa shape index (κ1) is 25.6. The number of benzene rings is 2. The van der Waals surface area contributed by atoms with Crippen LogP contribution in [0.4, 0.5) is 24.8 Å². The number of halogens is 4. The lowest BCUT2D eigenvalue weighted by Crippen LogP contribution is -2.43. The van der Waals surface area contributed by atoms with E-state index in [1.54, 1.807) is 23.9 Å². The Hall–Kier alpha value is -4.66. The molecule has 0 unspecified atom stereocenters. The van der Waals surface area contributed by atoms with Crippen LogP contribution in [0, 0.1) is 17.5 Å². The maximum Gasteiger partial charge on any atom is 0.355 e. The Bertz CT molecular complexity index is 1910. The Labute approximate surface area is 227 Å². The van der Waals surface area contributed by atoms with Crippen LogP contribution < -0.4 is 21.4 Å². The van der Waals surface area contributed by atoms with Crippen LogP contribution in [0.3, 0.4) is 0 Å². The lowest BCUT2D eigenvalue weighted by molar-refractivity contribution is 0.233. The van der Waals surface area contributed by atoms with E-state index >= 15 is 0 Å². The Morgan fingerprint density at radius 2 is 1.85 bits per heavy atom. The molecule has 0 fully saturated rings. The zero-order chi connectivity index (χ0) is 28.1. The summed E-state index contributed by atoms with van der Waals surface area (Å²) in [6.07, 6.45) is 2.14. The minimum absolute atomic E-state index is 0.145. The highest BCUT2D eigenvalue weighted by molar-refractivity contribution is 6.35. The van der Waals surface area contributed by atoms with Crippen molar-refractivity contribution in [2.75, 3.05) is 11.9 Å². The molecular formula is C24H19ClF3N9O3. The van der Waals surface area contributed by atoms with Crippen molar-refractivity contribution in [3.05, 3.63) is 85.4 Å². The van der Waals surface area contributed by atoms with Gasteiger partial charge in [0.15, 0.2) is 17.5 Å². The molecule has 0 bridgehead atoms. The zero-order valence-electron chi connectivity index (χ0n) is 20.7. The predicted octanol–water partition coefficient (Wildman–Crippen LogP) is 2.58. The summed E-state index contributed by atoms with van der Waals surface area (Å²) in [4.78, 5) is 34.7. The summed E-state index contributed by atoms with van der Waals surface area (Å²) < 4.78 is 52.7. The second kappa shape index (κ2) is 9.82. The molecule has 0 aliphatic carbocycles. The van der Waals surface area contributed by atoms with Crippen LogP contribution in [0.1, 0.15) is 17.8 Å². The molecule has 16 heteroatoms. The van der Waals surface area contributed by atoms with Crippen molar-refractivity contribution in [3.63, 3.8) is 0 Å². The van der Waals surface area contributed by atoms with Gasteiger partial charge in [0, 0.05) is 31.6 Å². The van der Waals surface area contributed by atoms with Crippen LogP contribution in [0.25, 0.3) is 10.9 Å². The highest BCUT2D eigenvalue weighted by Crippen LogP contribution is 2.37. The molecule has 4 heterocycles. The van der Waals surface area contributed by atoms with Crippen molar-refractivity contribution in [2.45, 2.75) is 26.1 Å². The standard InChI is InChI=1S/C24H19ClF3N9O3/c1-34-11-29-18(32-34)10-36-23(38)31-22(35(24(36)39)9-12-7-16(27)17(28)8-15(12)26)30-20-14(25)4-3-13-19(20)33-37-5-2-6-40-21(13)37/h3-4,7-8,11H,2,5-6,9-10H2,1H3,(H,30,31,38). The van der Waals surface area contributed by atoms with Crippen LogP contribution in [0.5, 0.6) is 5.88 Å². The molecule has 0 amide bonds. The largest absolute Gasteiger partial charge is 0.477 e. The molecule has 2 aromatic carbocycles. The van der Waals surface area contributed by atoms with Gasteiger partial charge in [0.05, 0.1) is 35.8 Å². The quantitative estimate of drug-likeness (QED) is 0.307. The van der Waals surface area contributed by atoms with E-state index in [9.17, 15) is 22.8 Å². The first-order chi connectivity index (χ1) is 19.2. The fourth-order valence-corrected chi connectivity index (χ4v) is 4.62. The third-order valence-electron chi connectivity index (χ3n) is 6.32. The van der Waals surface area contributed by atoms with Crippen molar-refractivity contribution in [1.82, 2.24) is 38.7 Å². The first-order valence-electron chi connectivity index (χ1n) is 12.0. The highest BCUT2D eigenvalue weighted by atomic mass is 35.5. The Morgan fingerprint density at radius 1 is 1.05 bits per heavy atom. The SMILES string of the molecule is Cn1cnc(Cn2c(=O)nc(Nc3c(Cl)ccc4c5n(nc34)CCCO5)n(Cc3cc(F)c(F)cc3F)c2=O)n1. The van der Waals surface area contributed by atoms with Gasteiger partial charge >= 0.3 is 11.4 Å². The Kier molecular flexibility index (Phi) is 6.29. The van der Waals surface area contributed by atoms with Crippen molar-refractivity contribution >= 4 is 34.1 Å². The zero-order valence-corrected chi connectivity index (χ0v) is 21.5. The lowest BCUT2D eigenvalue weighted by atomic mass is 10.2. The number of anilines is 2. The molecule has 0 radical (unpaired) electrons. The van der Waals surface area contributed by atoms with E-state index < -0.39 is 35.4 Å². The van der Waals surface area contributed by atoms with E-state index in [4.69, 9.17) is 16.3 Å². The van der Waals surface area contributed by atoms with Crippen LogP contribution in [-0.4, -0.2) is 45.3 Å². The van der Waals surface area contributed by atoms with Gasteiger partial charge < -0.3 is 10.1 Å². The Balaban J connectivity index is 1.51. The molecule has 1 aliphatic heterocycles. The number of aryl methyl sites for hydroxylation is 2. The average molecular weight is 574 g/mol. The van der Waals surface area contributed by atoms with Crippen molar-refractivity contribution < 1.29 is 17.9 Å². The molecule has 5 aromatic rings. The normalized spacial score (nSPS) is 12.9. The van der Waals surface area contributed by atoms with E-state index in [-0.39, 0.29) is 34.6 Å². The molecule has 0 atom stereocenters. The second-order valence-electron chi connectivity index (χ2n) is 9.04. The number of ether oxygens (including phenoxy) is 1.